The van der Waals surface area contributed by atoms with E-state index >= 15 is 0 Å². The van der Waals surface area contributed by atoms with Crippen LogP contribution in [0.1, 0.15) is 5.56 Å². The Morgan fingerprint density at radius 1 is 1.16 bits per heavy atom. The lowest BCUT2D eigenvalue weighted by Crippen LogP contribution is -2.17. The van der Waals surface area contributed by atoms with Crippen LogP contribution in [0.3, 0.4) is 0 Å². The highest BCUT2D eigenvalue weighted by Crippen LogP contribution is 2.27. The van der Waals surface area contributed by atoms with Gasteiger partial charge in [-0.05, 0) is 23.8 Å². The van der Waals surface area contributed by atoms with Gasteiger partial charge in [0.2, 0.25) is 0 Å². The zero-order valence-electron chi connectivity index (χ0n) is 9.82. The molecule has 3 nitrogen and oxygen atoms in total. The van der Waals surface area contributed by atoms with E-state index in [-0.39, 0.29) is 5.75 Å². The first-order valence-electron chi connectivity index (χ1n) is 5.49. The smallest absolute Gasteiger partial charge is 0.406 e. The molecule has 1 heterocycles. The van der Waals surface area contributed by atoms with Crippen molar-refractivity contribution in [1.29, 1.82) is 0 Å². The van der Waals surface area contributed by atoms with Crippen molar-refractivity contribution in [2.45, 2.75) is 12.9 Å². The number of halogens is 3. The van der Waals surface area contributed by atoms with Crippen molar-refractivity contribution in [3.05, 3.63) is 48.2 Å². The molecule has 1 aromatic heterocycles. The summed E-state index contributed by atoms with van der Waals surface area (Å²) in [5.74, 6) is -0.269. The highest BCUT2D eigenvalue weighted by atomic mass is 19.4. The molecule has 6 heteroatoms. The Balaban J connectivity index is 2.27. The molecule has 0 unspecified atom stereocenters. The van der Waals surface area contributed by atoms with Crippen molar-refractivity contribution in [2.24, 2.45) is 5.73 Å². The summed E-state index contributed by atoms with van der Waals surface area (Å²) in [4.78, 5) is 4.14. The maximum Gasteiger partial charge on any atom is 0.573 e. The molecule has 2 aromatic rings. The van der Waals surface area contributed by atoms with Gasteiger partial charge in [0.1, 0.15) is 5.75 Å². The lowest BCUT2D eigenvalue weighted by molar-refractivity contribution is -0.274. The van der Waals surface area contributed by atoms with Gasteiger partial charge in [-0.2, -0.15) is 0 Å². The largest absolute Gasteiger partial charge is 0.573 e. The van der Waals surface area contributed by atoms with Gasteiger partial charge in [-0.15, -0.1) is 13.2 Å². The Hall–Kier alpha value is -2.08. The van der Waals surface area contributed by atoms with E-state index in [1.807, 2.05) is 0 Å². The second-order valence-electron chi connectivity index (χ2n) is 3.83. The van der Waals surface area contributed by atoms with Crippen molar-refractivity contribution in [2.75, 3.05) is 0 Å². The Morgan fingerprint density at radius 3 is 2.53 bits per heavy atom. The molecule has 19 heavy (non-hydrogen) atoms. The molecule has 0 saturated heterocycles. The molecular weight excluding hydrogens is 257 g/mol. The highest BCUT2D eigenvalue weighted by molar-refractivity contribution is 5.61. The average Bonchev–Trinajstić information content (AvgIpc) is 2.37. The van der Waals surface area contributed by atoms with E-state index in [4.69, 9.17) is 5.73 Å². The molecule has 0 saturated carbocycles. The number of ether oxygens (including phenoxy) is 1. The van der Waals surface area contributed by atoms with Gasteiger partial charge >= 0.3 is 6.36 Å². The third-order valence-electron chi connectivity index (χ3n) is 2.42. The second kappa shape index (κ2) is 5.27. The summed E-state index contributed by atoms with van der Waals surface area (Å²) in [6, 6.07) is 9.15. The fraction of sp³-hybridized carbons (Fsp3) is 0.154. The molecular formula is C13H11F3N2O. The first kappa shape index (κ1) is 13.4. The fourth-order valence-electron chi connectivity index (χ4n) is 1.57. The molecule has 0 atom stereocenters. The number of pyridine rings is 1. The second-order valence-corrected chi connectivity index (χ2v) is 3.83. The van der Waals surface area contributed by atoms with Crippen LogP contribution in [0.15, 0.2) is 42.6 Å². The van der Waals surface area contributed by atoms with Gasteiger partial charge in [0.05, 0.1) is 5.69 Å². The number of hydrogen-bond donors (Lipinski definition) is 1. The highest BCUT2D eigenvalue weighted by Gasteiger charge is 2.31. The molecule has 0 amide bonds. The van der Waals surface area contributed by atoms with E-state index in [0.29, 0.717) is 17.8 Å². The predicted octanol–water partition coefficient (Wildman–Crippen LogP) is 3.11. The van der Waals surface area contributed by atoms with E-state index in [0.717, 1.165) is 5.56 Å². The Bertz CT molecular complexity index is 553. The summed E-state index contributed by atoms with van der Waals surface area (Å²) >= 11 is 0. The van der Waals surface area contributed by atoms with Crippen molar-refractivity contribution in [3.63, 3.8) is 0 Å². The molecule has 0 aliphatic carbocycles. The van der Waals surface area contributed by atoms with Gasteiger partial charge in [-0.3, -0.25) is 4.98 Å². The molecule has 2 N–H and O–H groups in total. The molecule has 0 aliphatic heterocycles. The van der Waals surface area contributed by atoms with E-state index in [2.05, 4.69) is 9.72 Å². The first-order chi connectivity index (χ1) is 8.98. The van der Waals surface area contributed by atoms with Crippen LogP contribution in [0, 0.1) is 0 Å². The van der Waals surface area contributed by atoms with E-state index in [1.54, 1.807) is 24.4 Å². The van der Waals surface area contributed by atoms with Crippen LogP contribution in [-0.2, 0) is 6.54 Å². The van der Waals surface area contributed by atoms with Gasteiger partial charge in [0.15, 0.2) is 0 Å². The van der Waals surface area contributed by atoms with Crippen LogP contribution in [0.4, 0.5) is 13.2 Å². The lowest BCUT2D eigenvalue weighted by atomic mass is 10.1. The number of benzene rings is 1. The molecule has 2 rings (SSSR count). The Kier molecular flexibility index (Phi) is 3.71. The minimum Gasteiger partial charge on any atom is -0.406 e. The van der Waals surface area contributed by atoms with E-state index < -0.39 is 6.36 Å². The van der Waals surface area contributed by atoms with Gasteiger partial charge in [0.25, 0.3) is 0 Å². The quantitative estimate of drug-likeness (QED) is 0.930. The SMILES string of the molecule is NCc1ccc(-c2cccc(OC(F)(F)F)c2)nc1. The Labute approximate surface area is 107 Å². The van der Waals surface area contributed by atoms with Gasteiger partial charge in [-0.1, -0.05) is 18.2 Å². The molecule has 0 fully saturated rings. The first-order valence-corrected chi connectivity index (χ1v) is 5.49. The van der Waals surface area contributed by atoms with Crippen LogP contribution in [0.25, 0.3) is 11.3 Å². The van der Waals surface area contributed by atoms with Gasteiger partial charge in [0, 0.05) is 18.3 Å². The minimum absolute atomic E-state index is 0.269. The predicted molar refractivity (Wildman–Crippen MR) is 64.2 cm³/mol. The van der Waals surface area contributed by atoms with Crippen LogP contribution >= 0.6 is 0 Å². The number of alkyl halides is 3. The average molecular weight is 268 g/mol. The topological polar surface area (TPSA) is 48.1 Å². The van der Waals surface area contributed by atoms with Crippen molar-refractivity contribution >= 4 is 0 Å². The third kappa shape index (κ3) is 3.69. The van der Waals surface area contributed by atoms with Crippen LogP contribution in [-0.4, -0.2) is 11.3 Å². The zero-order valence-corrected chi connectivity index (χ0v) is 9.82. The van der Waals surface area contributed by atoms with E-state index in [1.165, 1.54) is 18.2 Å². The van der Waals surface area contributed by atoms with Crippen LogP contribution in [0.5, 0.6) is 5.75 Å². The van der Waals surface area contributed by atoms with Gasteiger partial charge in [-0.25, -0.2) is 0 Å². The molecule has 1 aromatic carbocycles. The molecule has 100 valence electrons. The van der Waals surface area contributed by atoms with Crippen molar-refractivity contribution < 1.29 is 17.9 Å². The monoisotopic (exact) mass is 268 g/mol. The molecule has 0 aliphatic rings. The minimum atomic E-state index is -4.70. The zero-order chi connectivity index (χ0) is 13.9. The summed E-state index contributed by atoms with van der Waals surface area (Å²) in [6.07, 6.45) is -3.11. The van der Waals surface area contributed by atoms with Crippen molar-refractivity contribution in [1.82, 2.24) is 4.98 Å². The normalized spacial score (nSPS) is 11.4. The summed E-state index contributed by atoms with van der Waals surface area (Å²) in [7, 11) is 0. The lowest BCUT2D eigenvalue weighted by Gasteiger charge is -2.10. The summed E-state index contributed by atoms with van der Waals surface area (Å²) < 4.78 is 40.2. The van der Waals surface area contributed by atoms with Crippen LogP contribution in [0.2, 0.25) is 0 Å². The number of nitrogens with zero attached hydrogens (tertiary/aromatic N) is 1. The number of aromatic nitrogens is 1. The fourth-order valence-corrected chi connectivity index (χ4v) is 1.57. The molecule has 0 radical (unpaired) electrons. The van der Waals surface area contributed by atoms with Crippen LogP contribution < -0.4 is 10.5 Å². The number of nitrogens with two attached hydrogens (primary N) is 1. The molecule has 0 bridgehead atoms. The van der Waals surface area contributed by atoms with Gasteiger partial charge < -0.3 is 10.5 Å². The maximum absolute atomic E-state index is 12.1. The number of rotatable bonds is 3. The standard InChI is InChI=1S/C13H11F3N2O/c14-13(15,16)19-11-3-1-2-10(6-11)12-5-4-9(7-17)8-18-12/h1-6,8H,7,17H2. The Morgan fingerprint density at radius 2 is 1.95 bits per heavy atom. The third-order valence-corrected chi connectivity index (χ3v) is 2.42. The summed E-state index contributed by atoms with van der Waals surface area (Å²) in [5, 5.41) is 0. The van der Waals surface area contributed by atoms with E-state index in [9.17, 15) is 13.2 Å². The molecule has 0 spiro atoms. The summed E-state index contributed by atoms with van der Waals surface area (Å²) in [5.41, 5.74) is 7.41. The summed E-state index contributed by atoms with van der Waals surface area (Å²) in [6.45, 7) is 0.366. The maximum atomic E-state index is 12.1. The number of hydrogen-bond acceptors (Lipinski definition) is 3. The van der Waals surface area contributed by atoms with Crippen molar-refractivity contribution in [3.8, 4) is 17.0 Å².